The van der Waals surface area contributed by atoms with Crippen molar-refractivity contribution in [1.29, 1.82) is 0 Å². The average molecular weight is 389 g/mol. The number of carbonyl (C=O) groups excluding carboxylic acids is 1. The molecule has 1 heterocycles. The molecule has 3 rings (SSSR count). The van der Waals surface area contributed by atoms with Crippen molar-refractivity contribution >= 4 is 11.6 Å². The molecule has 0 spiro atoms. The van der Waals surface area contributed by atoms with Gasteiger partial charge in [0.05, 0.1) is 5.56 Å². The molecule has 146 valence electrons. The van der Waals surface area contributed by atoms with Crippen molar-refractivity contribution in [3.63, 3.8) is 0 Å². The van der Waals surface area contributed by atoms with Crippen molar-refractivity contribution in [1.82, 2.24) is 10.1 Å². The van der Waals surface area contributed by atoms with E-state index >= 15 is 0 Å². The van der Waals surface area contributed by atoms with Gasteiger partial charge >= 0.3 is 6.18 Å². The van der Waals surface area contributed by atoms with Crippen LogP contribution in [0.15, 0.2) is 47.0 Å². The van der Waals surface area contributed by atoms with Crippen LogP contribution in [-0.4, -0.2) is 16.0 Å². The molecular weight excluding hydrogens is 371 g/mol. The maximum Gasteiger partial charge on any atom is 0.416 e. The van der Waals surface area contributed by atoms with Gasteiger partial charge in [0.2, 0.25) is 17.6 Å². The highest BCUT2D eigenvalue weighted by molar-refractivity contribution is 5.91. The molecule has 5 nitrogen and oxygen atoms in total. The van der Waals surface area contributed by atoms with Gasteiger partial charge in [-0.25, -0.2) is 0 Å². The van der Waals surface area contributed by atoms with E-state index in [4.69, 9.17) is 4.52 Å². The van der Waals surface area contributed by atoms with Crippen LogP contribution >= 0.6 is 0 Å². The van der Waals surface area contributed by atoms with Crippen molar-refractivity contribution < 1.29 is 22.5 Å². The Kier molecular flexibility index (Phi) is 5.48. The summed E-state index contributed by atoms with van der Waals surface area (Å²) in [5.74, 6) is 0.0184. The third-order valence-electron chi connectivity index (χ3n) is 4.14. The molecule has 0 radical (unpaired) electrons. The van der Waals surface area contributed by atoms with Gasteiger partial charge in [0.15, 0.2) is 0 Å². The van der Waals surface area contributed by atoms with Crippen LogP contribution in [0.2, 0.25) is 0 Å². The first kappa shape index (κ1) is 19.6. The van der Waals surface area contributed by atoms with E-state index in [-0.39, 0.29) is 36.0 Å². The largest absolute Gasteiger partial charge is 0.416 e. The summed E-state index contributed by atoms with van der Waals surface area (Å²) < 4.78 is 43.5. The van der Waals surface area contributed by atoms with E-state index in [9.17, 15) is 18.0 Å². The topological polar surface area (TPSA) is 68.0 Å². The van der Waals surface area contributed by atoms with Crippen LogP contribution in [0, 0.1) is 13.8 Å². The molecule has 0 atom stereocenters. The van der Waals surface area contributed by atoms with Crippen molar-refractivity contribution in [2.75, 3.05) is 5.32 Å². The fourth-order valence-corrected chi connectivity index (χ4v) is 2.70. The summed E-state index contributed by atoms with van der Waals surface area (Å²) in [6.07, 6.45) is -4.16. The van der Waals surface area contributed by atoms with Crippen LogP contribution < -0.4 is 5.32 Å². The normalized spacial score (nSPS) is 11.5. The number of nitrogens with zero attached hydrogens (tertiary/aromatic N) is 2. The van der Waals surface area contributed by atoms with Crippen LogP contribution in [0.1, 0.15) is 29.0 Å². The lowest BCUT2D eigenvalue weighted by Gasteiger charge is -2.08. The molecule has 0 unspecified atom stereocenters. The van der Waals surface area contributed by atoms with Gasteiger partial charge in [0.25, 0.3) is 0 Å². The number of hydrogen-bond acceptors (Lipinski definition) is 4. The van der Waals surface area contributed by atoms with E-state index in [1.807, 2.05) is 32.0 Å². The van der Waals surface area contributed by atoms with Crippen LogP contribution in [0.25, 0.3) is 11.4 Å². The Morgan fingerprint density at radius 2 is 1.93 bits per heavy atom. The maximum atomic E-state index is 12.8. The number of carbonyl (C=O) groups is 1. The number of benzene rings is 2. The second-order valence-corrected chi connectivity index (χ2v) is 6.46. The van der Waals surface area contributed by atoms with Crippen molar-refractivity contribution in [2.24, 2.45) is 0 Å². The Hall–Kier alpha value is -3.16. The molecule has 0 fully saturated rings. The molecule has 1 N–H and O–H groups in total. The molecule has 0 aliphatic rings. The highest BCUT2D eigenvalue weighted by atomic mass is 19.4. The number of halogens is 3. The molecular formula is C20H18F3N3O2. The maximum absolute atomic E-state index is 12.8. The third-order valence-corrected chi connectivity index (χ3v) is 4.14. The smallest absolute Gasteiger partial charge is 0.339 e. The van der Waals surface area contributed by atoms with Gasteiger partial charge in [0.1, 0.15) is 0 Å². The van der Waals surface area contributed by atoms with Gasteiger partial charge in [-0.3, -0.25) is 4.79 Å². The molecule has 3 aromatic rings. The number of aryl methyl sites for hydroxylation is 3. The summed E-state index contributed by atoms with van der Waals surface area (Å²) in [5.41, 5.74) is 2.20. The van der Waals surface area contributed by atoms with Gasteiger partial charge in [-0.15, -0.1) is 0 Å². The molecule has 0 saturated carbocycles. The highest BCUT2D eigenvalue weighted by Gasteiger charge is 2.30. The van der Waals surface area contributed by atoms with Crippen LogP contribution in [-0.2, 0) is 17.4 Å². The molecule has 0 saturated heterocycles. The predicted octanol–water partition coefficient (Wildman–Crippen LogP) is 4.94. The Morgan fingerprint density at radius 3 is 2.64 bits per heavy atom. The van der Waals surface area contributed by atoms with Crippen molar-refractivity contribution in [3.8, 4) is 11.4 Å². The number of rotatable bonds is 5. The lowest BCUT2D eigenvalue weighted by Crippen LogP contribution is -2.13. The van der Waals surface area contributed by atoms with E-state index in [2.05, 4.69) is 15.5 Å². The van der Waals surface area contributed by atoms with E-state index in [0.717, 1.165) is 28.9 Å². The quantitative estimate of drug-likeness (QED) is 0.671. The SMILES string of the molecule is Cc1ccc(NC(=O)CCc2nc(-c3cccc(C(F)(F)F)c3)no2)c(C)c1. The minimum atomic E-state index is -4.45. The molecule has 0 aliphatic carbocycles. The zero-order chi connectivity index (χ0) is 20.3. The molecule has 0 aliphatic heterocycles. The number of nitrogens with one attached hydrogen (secondary N) is 1. The lowest BCUT2D eigenvalue weighted by atomic mass is 10.1. The Labute approximate surface area is 159 Å². The van der Waals surface area contributed by atoms with Gasteiger partial charge in [-0.2, -0.15) is 18.2 Å². The van der Waals surface area contributed by atoms with Crippen molar-refractivity contribution in [2.45, 2.75) is 32.9 Å². The standard InChI is InChI=1S/C20H18F3N3O2/c1-12-6-7-16(13(2)10-12)24-17(27)8-9-18-25-19(26-28-18)14-4-3-5-15(11-14)20(21,22)23/h3-7,10-11H,8-9H2,1-2H3,(H,24,27). The zero-order valence-electron chi connectivity index (χ0n) is 15.3. The van der Waals surface area contributed by atoms with Gasteiger partial charge in [0, 0.05) is 24.1 Å². The predicted molar refractivity (Wildman–Crippen MR) is 97.6 cm³/mol. The second-order valence-electron chi connectivity index (χ2n) is 6.46. The highest BCUT2D eigenvalue weighted by Crippen LogP contribution is 2.31. The number of aromatic nitrogens is 2. The first-order valence-electron chi connectivity index (χ1n) is 8.60. The average Bonchev–Trinajstić information content (AvgIpc) is 3.11. The van der Waals surface area contributed by atoms with E-state index in [1.165, 1.54) is 12.1 Å². The number of amides is 1. The molecule has 28 heavy (non-hydrogen) atoms. The molecule has 1 amide bonds. The minimum Gasteiger partial charge on any atom is -0.339 e. The molecule has 0 bridgehead atoms. The fraction of sp³-hybridized carbons (Fsp3) is 0.250. The summed E-state index contributed by atoms with van der Waals surface area (Å²) in [6.45, 7) is 3.87. The Balaban J connectivity index is 1.63. The second kappa shape index (κ2) is 7.84. The summed E-state index contributed by atoms with van der Waals surface area (Å²) >= 11 is 0. The number of hydrogen-bond donors (Lipinski definition) is 1. The first-order valence-corrected chi connectivity index (χ1v) is 8.60. The lowest BCUT2D eigenvalue weighted by molar-refractivity contribution is -0.137. The summed E-state index contributed by atoms with van der Waals surface area (Å²) in [6, 6.07) is 10.4. The van der Waals surface area contributed by atoms with Crippen LogP contribution in [0.4, 0.5) is 18.9 Å². The van der Waals surface area contributed by atoms with E-state index in [1.54, 1.807) is 0 Å². The fourth-order valence-electron chi connectivity index (χ4n) is 2.70. The van der Waals surface area contributed by atoms with Crippen LogP contribution in [0.3, 0.4) is 0 Å². The molecule has 8 heteroatoms. The zero-order valence-corrected chi connectivity index (χ0v) is 15.3. The van der Waals surface area contributed by atoms with Gasteiger partial charge in [-0.05, 0) is 37.6 Å². The molecule has 1 aromatic heterocycles. The number of alkyl halides is 3. The Morgan fingerprint density at radius 1 is 1.14 bits per heavy atom. The third kappa shape index (κ3) is 4.76. The van der Waals surface area contributed by atoms with Gasteiger partial charge < -0.3 is 9.84 Å². The summed E-state index contributed by atoms with van der Waals surface area (Å²) in [4.78, 5) is 16.2. The van der Waals surface area contributed by atoms with E-state index < -0.39 is 11.7 Å². The minimum absolute atomic E-state index is 0.0517. The van der Waals surface area contributed by atoms with Gasteiger partial charge in [-0.1, -0.05) is 35.0 Å². The van der Waals surface area contributed by atoms with Crippen LogP contribution in [0.5, 0.6) is 0 Å². The monoisotopic (exact) mass is 389 g/mol. The molecule has 2 aromatic carbocycles. The van der Waals surface area contributed by atoms with Crippen molar-refractivity contribution in [3.05, 3.63) is 65.0 Å². The Bertz CT molecular complexity index is 996. The number of anilines is 1. The summed E-state index contributed by atoms with van der Waals surface area (Å²) in [5, 5.41) is 6.53. The first-order chi connectivity index (χ1) is 13.2. The summed E-state index contributed by atoms with van der Waals surface area (Å²) in [7, 11) is 0. The van der Waals surface area contributed by atoms with E-state index in [0.29, 0.717) is 0 Å².